The third-order valence-corrected chi connectivity index (χ3v) is 2.91. The quantitative estimate of drug-likeness (QED) is 0.633. The number of nitrogens with one attached hydrogen (secondary N) is 1. The van der Waals surface area contributed by atoms with Crippen molar-refractivity contribution in [2.45, 2.75) is 19.4 Å². The van der Waals surface area contributed by atoms with Crippen molar-refractivity contribution in [2.24, 2.45) is 0 Å². The molecule has 0 radical (unpaired) electrons. The second-order valence-corrected chi connectivity index (χ2v) is 4.61. The van der Waals surface area contributed by atoms with Gasteiger partial charge in [-0.05, 0) is 18.6 Å². The van der Waals surface area contributed by atoms with Crippen LogP contribution in [0.25, 0.3) is 0 Å². The monoisotopic (exact) mass is 330 g/mol. The topological polar surface area (TPSA) is 110 Å². The number of hydrogen-bond acceptors (Lipinski definition) is 4. The average Bonchev–Trinajstić information content (AvgIpc) is 2.34. The van der Waals surface area contributed by atoms with Gasteiger partial charge in [0.2, 0.25) is 0 Å². The zero-order valence-corrected chi connectivity index (χ0v) is 11.5. The van der Waals surface area contributed by atoms with E-state index in [0.717, 1.165) is 0 Å². The van der Waals surface area contributed by atoms with E-state index < -0.39 is 22.8 Å². The van der Waals surface area contributed by atoms with Crippen molar-refractivity contribution in [1.82, 2.24) is 5.32 Å². The Kier molecular flexibility index (Phi) is 4.99. The summed E-state index contributed by atoms with van der Waals surface area (Å²) in [6.45, 7) is 1.59. The first-order chi connectivity index (χ1) is 8.86. The summed E-state index contributed by atoms with van der Waals surface area (Å²) in [5.41, 5.74) is -0.556. The number of nitrogens with zero attached hydrogens (tertiary/aromatic N) is 1. The number of carboxylic acid groups (broad SMARTS) is 1. The third-order valence-electron chi connectivity index (χ3n) is 2.41. The number of nitro groups is 1. The number of rotatable bonds is 5. The predicted octanol–water partition coefficient (Wildman–Crippen LogP) is 1.95. The lowest BCUT2D eigenvalue weighted by Gasteiger charge is -2.12. The zero-order valence-electron chi connectivity index (χ0n) is 9.92. The maximum atomic E-state index is 11.9. The summed E-state index contributed by atoms with van der Waals surface area (Å²) >= 11 is 3.07. The van der Waals surface area contributed by atoms with Gasteiger partial charge in [-0.3, -0.25) is 14.9 Å². The molecule has 0 spiro atoms. The summed E-state index contributed by atoms with van der Waals surface area (Å²) in [6, 6.07) is 2.86. The lowest BCUT2D eigenvalue weighted by atomic mass is 10.1. The SMILES string of the molecule is CCC(NC(=O)c1ccc(Br)cc1[N+](=O)[O-])C(=O)O. The fraction of sp³-hybridized carbons (Fsp3) is 0.273. The summed E-state index contributed by atoms with van der Waals surface area (Å²) < 4.78 is 0.459. The standard InChI is InChI=1S/C11H11BrN2O5/c1-2-8(11(16)17)13-10(15)7-4-3-6(12)5-9(7)14(18)19/h3-5,8H,2H2,1H3,(H,13,15)(H,16,17). The van der Waals surface area contributed by atoms with Gasteiger partial charge in [0.1, 0.15) is 11.6 Å². The smallest absolute Gasteiger partial charge is 0.326 e. The Morgan fingerprint density at radius 2 is 2.16 bits per heavy atom. The molecular formula is C11H11BrN2O5. The number of amides is 1. The first-order valence-corrected chi connectivity index (χ1v) is 6.13. The van der Waals surface area contributed by atoms with E-state index in [9.17, 15) is 19.7 Å². The minimum atomic E-state index is -1.18. The van der Waals surface area contributed by atoms with Crippen molar-refractivity contribution in [2.75, 3.05) is 0 Å². The van der Waals surface area contributed by atoms with E-state index in [-0.39, 0.29) is 17.7 Å². The van der Waals surface area contributed by atoms with Gasteiger partial charge in [-0.25, -0.2) is 4.79 Å². The van der Waals surface area contributed by atoms with Gasteiger partial charge < -0.3 is 10.4 Å². The van der Waals surface area contributed by atoms with Crippen molar-refractivity contribution >= 4 is 33.5 Å². The van der Waals surface area contributed by atoms with E-state index >= 15 is 0 Å². The molecule has 7 nitrogen and oxygen atoms in total. The summed E-state index contributed by atoms with van der Waals surface area (Å²) in [7, 11) is 0. The molecular weight excluding hydrogens is 320 g/mol. The molecule has 0 saturated heterocycles. The Hall–Kier alpha value is -1.96. The van der Waals surface area contributed by atoms with Gasteiger partial charge in [-0.1, -0.05) is 22.9 Å². The highest BCUT2D eigenvalue weighted by Crippen LogP contribution is 2.23. The predicted molar refractivity (Wildman–Crippen MR) is 70.0 cm³/mol. The van der Waals surface area contributed by atoms with Crippen LogP contribution in [0.1, 0.15) is 23.7 Å². The normalized spacial score (nSPS) is 11.7. The number of benzene rings is 1. The molecule has 2 N–H and O–H groups in total. The van der Waals surface area contributed by atoms with Crippen molar-refractivity contribution in [3.05, 3.63) is 38.3 Å². The molecule has 19 heavy (non-hydrogen) atoms. The van der Waals surface area contributed by atoms with Gasteiger partial charge in [0.25, 0.3) is 11.6 Å². The number of hydrogen-bond donors (Lipinski definition) is 2. The summed E-state index contributed by atoms with van der Waals surface area (Å²) in [6.07, 6.45) is 0.186. The van der Waals surface area contributed by atoms with Crippen LogP contribution >= 0.6 is 15.9 Å². The second kappa shape index (κ2) is 6.28. The van der Waals surface area contributed by atoms with Crippen LogP contribution in [0.5, 0.6) is 0 Å². The summed E-state index contributed by atoms with van der Waals surface area (Å²) in [5, 5.41) is 21.9. The van der Waals surface area contributed by atoms with Crippen molar-refractivity contribution < 1.29 is 19.6 Å². The molecule has 102 valence electrons. The van der Waals surface area contributed by atoms with Crippen LogP contribution in [0, 0.1) is 10.1 Å². The van der Waals surface area contributed by atoms with E-state index in [0.29, 0.717) is 4.47 Å². The van der Waals surface area contributed by atoms with Crippen molar-refractivity contribution in [3.63, 3.8) is 0 Å². The highest BCUT2D eigenvalue weighted by Gasteiger charge is 2.24. The Morgan fingerprint density at radius 3 is 2.63 bits per heavy atom. The molecule has 1 rings (SSSR count). The second-order valence-electron chi connectivity index (χ2n) is 3.69. The number of aliphatic carboxylic acids is 1. The van der Waals surface area contributed by atoms with Crippen LogP contribution in [0.15, 0.2) is 22.7 Å². The van der Waals surface area contributed by atoms with Crippen LogP contribution in [0.3, 0.4) is 0 Å². The Labute approximate surface area is 116 Å². The Morgan fingerprint density at radius 1 is 1.53 bits per heavy atom. The number of carbonyl (C=O) groups is 2. The fourth-order valence-corrected chi connectivity index (χ4v) is 1.77. The molecule has 0 aliphatic rings. The lowest BCUT2D eigenvalue weighted by Crippen LogP contribution is -2.40. The van der Waals surface area contributed by atoms with Crippen LogP contribution in [-0.2, 0) is 4.79 Å². The Bertz CT molecular complexity index is 532. The van der Waals surface area contributed by atoms with E-state index in [1.54, 1.807) is 6.92 Å². The molecule has 0 fully saturated rings. The van der Waals surface area contributed by atoms with Crippen LogP contribution in [0.4, 0.5) is 5.69 Å². The van der Waals surface area contributed by atoms with E-state index in [1.165, 1.54) is 18.2 Å². The van der Waals surface area contributed by atoms with E-state index in [2.05, 4.69) is 21.2 Å². The van der Waals surface area contributed by atoms with Gasteiger partial charge in [-0.15, -0.1) is 0 Å². The molecule has 8 heteroatoms. The molecule has 1 unspecified atom stereocenters. The first-order valence-electron chi connectivity index (χ1n) is 5.34. The molecule has 1 amide bonds. The fourth-order valence-electron chi connectivity index (χ4n) is 1.42. The summed E-state index contributed by atoms with van der Waals surface area (Å²) in [5.74, 6) is -1.97. The molecule has 0 saturated carbocycles. The average molecular weight is 331 g/mol. The zero-order chi connectivity index (χ0) is 14.6. The molecule has 0 heterocycles. The Balaban J connectivity index is 3.06. The number of nitro benzene ring substituents is 1. The number of carbonyl (C=O) groups excluding carboxylic acids is 1. The van der Waals surface area contributed by atoms with Gasteiger partial charge in [0, 0.05) is 10.5 Å². The minimum absolute atomic E-state index is 0.173. The van der Waals surface area contributed by atoms with Crippen LogP contribution in [-0.4, -0.2) is 27.9 Å². The molecule has 0 aliphatic carbocycles. The van der Waals surface area contributed by atoms with Gasteiger partial charge >= 0.3 is 5.97 Å². The highest BCUT2D eigenvalue weighted by atomic mass is 79.9. The van der Waals surface area contributed by atoms with Crippen molar-refractivity contribution in [3.8, 4) is 0 Å². The highest BCUT2D eigenvalue weighted by molar-refractivity contribution is 9.10. The molecule has 0 aliphatic heterocycles. The van der Waals surface area contributed by atoms with E-state index in [4.69, 9.17) is 5.11 Å². The summed E-state index contributed by atoms with van der Waals surface area (Å²) in [4.78, 5) is 32.8. The molecule has 0 bridgehead atoms. The molecule has 0 aromatic heterocycles. The maximum Gasteiger partial charge on any atom is 0.326 e. The van der Waals surface area contributed by atoms with Crippen LogP contribution < -0.4 is 5.32 Å². The van der Waals surface area contributed by atoms with Crippen LogP contribution in [0.2, 0.25) is 0 Å². The third kappa shape index (κ3) is 3.75. The van der Waals surface area contributed by atoms with Gasteiger partial charge in [0.05, 0.1) is 4.92 Å². The number of carboxylic acids is 1. The molecule has 1 aromatic rings. The minimum Gasteiger partial charge on any atom is -0.480 e. The molecule has 1 atom stereocenters. The largest absolute Gasteiger partial charge is 0.480 e. The van der Waals surface area contributed by atoms with Crippen molar-refractivity contribution in [1.29, 1.82) is 0 Å². The lowest BCUT2D eigenvalue weighted by molar-refractivity contribution is -0.385. The number of halogens is 1. The van der Waals surface area contributed by atoms with Gasteiger partial charge in [-0.2, -0.15) is 0 Å². The van der Waals surface area contributed by atoms with E-state index in [1.807, 2.05) is 0 Å². The molecule has 1 aromatic carbocycles. The maximum absolute atomic E-state index is 11.9. The van der Waals surface area contributed by atoms with Gasteiger partial charge in [0.15, 0.2) is 0 Å². The first kappa shape index (κ1) is 15.1.